The van der Waals surface area contributed by atoms with Crippen LogP contribution in [0.2, 0.25) is 0 Å². The molecule has 0 aromatic rings. The van der Waals surface area contributed by atoms with E-state index in [1.54, 1.807) is 20.8 Å². The van der Waals surface area contributed by atoms with E-state index in [0.717, 1.165) is 0 Å². The molecule has 0 atom stereocenters. The third kappa shape index (κ3) is 2.26. The van der Waals surface area contributed by atoms with Gasteiger partial charge in [0.1, 0.15) is 0 Å². The van der Waals surface area contributed by atoms with Crippen LogP contribution in [0.5, 0.6) is 0 Å². The minimum atomic E-state index is -0.508. The van der Waals surface area contributed by atoms with Crippen molar-refractivity contribution in [2.45, 2.75) is 20.8 Å². The van der Waals surface area contributed by atoms with Crippen molar-refractivity contribution in [1.29, 1.82) is 5.41 Å². The summed E-state index contributed by atoms with van der Waals surface area (Å²) < 4.78 is 0. The molecule has 0 aromatic carbocycles. The zero-order valence-electron chi connectivity index (χ0n) is 5.99. The Morgan fingerprint density at radius 2 is 1.78 bits per heavy atom. The summed E-state index contributed by atoms with van der Waals surface area (Å²) in [5.41, 5.74) is 4.45. The molecule has 3 N–H and O–H groups in total. The summed E-state index contributed by atoms with van der Waals surface area (Å²) in [5, 5.41) is 6.78. The van der Waals surface area contributed by atoms with Crippen molar-refractivity contribution in [3.05, 3.63) is 0 Å². The highest BCUT2D eigenvalue weighted by Crippen LogP contribution is 2.13. The molecular weight excluding hydrogens is 116 g/mol. The lowest BCUT2D eigenvalue weighted by Gasteiger charge is -2.13. The molecular formula is C6H12N2O. The van der Waals surface area contributed by atoms with Gasteiger partial charge in [0.15, 0.2) is 5.84 Å². The van der Waals surface area contributed by atoms with Crippen LogP contribution in [0.15, 0.2) is 0 Å². The average Bonchev–Trinajstić information content (AvgIpc) is 1.62. The van der Waals surface area contributed by atoms with Crippen LogP contribution >= 0.6 is 0 Å². The van der Waals surface area contributed by atoms with E-state index in [4.69, 9.17) is 11.1 Å². The largest absolute Gasteiger partial charge is 0.381 e. The van der Waals surface area contributed by atoms with E-state index in [0.29, 0.717) is 0 Å². The predicted molar refractivity (Wildman–Crippen MR) is 36.4 cm³/mol. The highest BCUT2D eigenvalue weighted by Gasteiger charge is 2.23. The Labute approximate surface area is 54.8 Å². The molecule has 0 fully saturated rings. The SMILES string of the molecule is CC(C)(C)C(=O)C(=N)N. The second-order valence-corrected chi connectivity index (χ2v) is 2.99. The van der Waals surface area contributed by atoms with Gasteiger partial charge in [-0.05, 0) is 0 Å². The van der Waals surface area contributed by atoms with Gasteiger partial charge in [0.05, 0.1) is 0 Å². The Bertz CT molecular complexity index is 144. The molecule has 52 valence electrons. The maximum absolute atomic E-state index is 10.8. The molecule has 0 saturated heterocycles. The van der Waals surface area contributed by atoms with E-state index in [2.05, 4.69) is 0 Å². The van der Waals surface area contributed by atoms with Crippen LogP contribution in [-0.4, -0.2) is 11.6 Å². The third-order valence-corrected chi connectivity index (χ3v) is 0.926. The van der Waals surface area contributed by atoms with Crippen LogP contribution in [-0.2, 0) is 4.79 Å². The summed E-state index contributed by atoms with van der Waals surface area (Å²) >= 11 is 0. The standard InChI is InChI=1S/C6H12N2O/c1-6(2,3)4(9)5(7)8/h1-3H3,(H3,7,8). The summed E-state index contributed by atoms with van der Waals surface area (Å²) in [6.45, 7) is 5.20. The highest BCUT2D eigenvalue weighted by molar-refractivity contribution is 6.38. The number of hydrogen-bond donors (Lipinski definition) is 2. The second kappa shape index (κ2) is 2.17. The Morgan fingerprint density at radius 3 is 1.78 bits per heavy atom. The molecule has 0 aliphatic carbocycles. The first-order chi connectivity index (χ1) is 3.85. The number of Topliss-reactive ketones (excluding diaryl/α,β-unsaturated/α-hetero) is 1. The molecule has 3 nitrogen and oxygen atoms in total. The van der Waals surface area contributed by atoms with Crippen LogP contribution in [0.1, 0.15) is 20.8 Å². The lowest BCUT2D eigenvalue weighted by Crippen LogP contribution is -2.33. The van der Waals surface area contributed by atoms with Crippen molar-refractivity contribution in [3.8, 4) is 0 Å². The van der Waals surface area contributed by atoms with Gasteiger partial charge in [0, 0.05) is 5.41 Å². The normalized spacial score (nSPS) is 11.0. The van der Waals surface area contributed by atoms with Crippen LogP contribution in [0, 0.1) is 10.8 Å². The first-order valence-corrected chi connectivity index (χ1v) is 2.74. The third-order valence-electron chi connectivity index (χ3n) is 0.926. The lowest BCUT2D eigenvalue weighted by molar-refractivity contribution is -0.119. The Morgan fingerprint density at radius 1 is 1.44 bits per heavy atom. The molecule has 0 aliphatic rings. The number of hydrogen-bond acceptors (Lipinski definition) is 2. The topological polar surface area (TPSA) is 66.9 Å². The molecule has 0 saturated carbocycles. The van der Waals surface area contributed by atoms with E-state index in [1.165, 1.54) is 0 Å². The molecule has 0 spiro atoms. The first kappa shape index (κ1) is 8.14. The van der Waals surface area contributed by atoms with Gasteiger partial charge < -0.3 is 5.73 Å². The molecule has 0 amide bonds. The Balaban J connectivity index is 4.23. The molecule has 0 heterocycles. The smallest absolute Gasteiger partial charge is 0.202 e. The van der Waals surface area contributed by atoms with Crippen molar-refractivity contribution in [2.24, 2.45) is 11.1 Å². The zero-order valence-corrected chi connectivity index (χ0v) is 5.99. The molecule has 0 bridgehead atoms. The van der Waals surface area contributed by atoms with Crippen molar-refractivity contribution in [3.63, 3.8) is 0 Å². The predicted octanol–water partition coefficient (Wildman–Crippen LogP) is 0.538. The fraction of sp³-hybridized carbons (Fsp3) is 0.667. The van der Waals surface area contributed by atoms with E-state index >= 15 is 0 Å². The van der Waals surface area contributed by atoms with Gasteiger partial charge in [-0.3, -0.25) is 10.2 Å². The minimum Gasteiger partial charge on any atom is -0.381 e. The van der Waals surface area contributed by atoms with Gasteiger partial charge in [-0.25, -0.2) is 0 Å². The maximum Gasteiger partial charge on any atom is 0.202 e. The molecule has 0 unspecified atom stereocenters. The molecule has 0 aliphatic heterocycles. The number of carbonyl (C=O) groups is 1. The van der Waals surface area contributed by atoms with Crippen LogP contribution in [0.25, 0.3) is 0 Å². The molecule has 9 heavy (non-hydrogen) atoms. The fourth-order valence-electron chi connectivity index (χ4n) is 0.404. The van der Waals surface area contributed by atoms with Gasteiger partial charge >= 0.3 is 0 Å². The van der Waals surface area contributed by atoms with Crippen LogP contribution < -0.4 is 5.73 Å². The van der Waals surface area contributed by atoms with Gasteiger partial charge in [-0.1, -0.05) is 20.8 Å². The van der Waals surface area contributed by atoms with Gasteiger partial charge in [-0.15, -0.1) is 0 Å². The average molecular weight is 128 g/mol. The minimum absolute atomic E-state index is 0.303. The Kier molecular flexibility index (Phi) is 1.96. The summed E-state index contributed by atoms with van der Waals surface area (Å²) in [6.07, 6.45) is 0. The second-order valence-electron chi connectivity index (χ2n) is 2.99. The monoisotopic (exact) mass is 128 g/mol. The molecule has 3 heteroatoms. The number of carbonyl (C=O) groups excluding carboxylic acids is 1. The summed E-state index contributed by atoms with van der Waals surface area (Å²) in [5.74, 6) is -0.662. The van der Waals surface area contributed by atoms with Crippen molar-refractivity contribution < 1.29 is 4.79 Å². The number of amidine groups is 1. The summed E-state index contributed by atoms with van der Waals surface area (Å²) in [7, 11) is 0. The van der Waals surface area contributed by atoms with Gasteiger partial charge in [0.2, 0.25) is 5.78 Å². The summed E-state index contributed by atoms with van der Waals surface area (Å²) in [4.78, 5) is 10.8. The van der Waals surface area contributed by atoms with E-state index in [9.17, 15) is 4.79 Å². The first-order valence-electron chi connectivity index (χ1n) is 2.74. The van der Waals surface area contributed by atoms with Crippen LogP contribution in [0.4, 0.5) is 0 Å². The molecule has 0 radical (unpaired) electrons. The van der Waals surface area contributed by atoms with Gasteiger partial charge in [0.25, 0.3) is 0 Å². The molecule has 0 rings (SSSR count). The maximum atomic E-state index is 10.8. The summed E-state index contributed by atoms with van der Waals surface area (Å²) in [6, 6.07) is 0. The quantitative estimate of drug-likeness (QED) is 0.399. The molecule has 0 aromatic heterocycles. The number of nitrogens with one attached hydrogen (secondary N) is 1. The zero-order chi connectivity index (χ0) is 7.65. The van der Waals surface area contributed by atoms with E-state index in [-0.39, 0.29) is 11.6 Å². The van der Waals surface area contributed by atoms with Gasteiger partial charge in [-0.2, -0.15) is 0 Å². The Hall–Kier alpha value is -0.860. The highest BCUT2D eigenvalue weighted by atomic mass is 16.1. The van der Waals surface area contributed by atoms with Crippen molar-refractivity contribution in [1.82, 2.24) is 0 Å². The lowest BCUT2D eigenvalue weighted by atomic mass is 9.90. The van der Waals surface area contributed by atoms with Crippen molar-refractivity contribution in [2.75, 3.05) is 0 Å². The number of nitrogens with two attached hydrogens (primary N) is 1. The van der Waals surface area contributed by atoms with Crippen LogP contribution in [0.3, 0.4) is 0 Å². The van der Waals surface area contributed by atoms with E-state index < -0.39 is 5.41 Å². The van der Waals surface area contributed by atoms with E-state index in [1.807, 2.05) is 0 Å². The van der Waals surface area contributed by atoms with Crippen molar-refractivity contribution >= 4 is 11.6 Å². The fourth-order valence-corrected chi connectivity index (χ4v) is 0.404. The number of ketones is 1. The number of rotatable bonds is 1.